The van der Waals surface area contributed by atoms with Crippen molar-refractivity contribution in [2.45, 2.75) is 26.4 Å². The normalized spacial score (nSPS) is 11.2. The Balaban J connectivity index is 2.33. The van der Waals surface area contributed by atoms with Gasteiger partial charge >= 0.3 is 11.9 Å². The number of benzene rings is 2. The molecule has 0 aliphatic rings. The molecule has 0 bridgehead atoms. The quantitative estimate of drug-likeness (QED) is 0.684. The van der Waals surface area contributed by atoms with Gasteiger partial charge in [0.1, 0.15) is 11.4 Å². The number of methoxy groups -OCH3 is 1. The highest BCUT2D eigenvalue weighted by Gasteiger charge is 2.18. The van der Waals surface area contributed by atoms with Crippen molar-refractivity contribution < 1.29 is 23.8 Å². The monoisotopic (exact) mass is 331 g/mol. The Morgan fingerprint density at radius 2 is 1.83 bits per heavy atom. The van der Waals surface area contributed by atoms with Gasteiger partial charge in [0.2, 0.25) is 0 Å². The van der Waals surface area contributed by atoms with Crippen LogP contribution in [-0.2, 0) is 14.3 Å². The minimum atomic E-state index is -0.592. The van der Waals surface area contributed by atoms with Crippen molar-refractivity contribution in [1.29, 1.82) is 0 Å². The van der Waals surface area contributed by atoms with Crippen LogP contribution in [0.1, 0.15) is 31.1 Å². The fourth-order valence-corrected chi connectivity index (χ4v) is 2.22. The van der Waals surface area contributed by atoms with E-state index < -0.39 is 17.5 Å². The first kappa shape index (κ1) is 17.6. The first-order valence-corrected chi connectivity index (χ1v) is 7.46. The summed E-state index contributed by atoms with van der Waals surface area (Å²) in [5.41, 5.74) is 6.07. The zero-order valence-corrected chi connectivity index (χ0v) is 14.2. The Hall–Kier alpha value is -2.76. The van der Waals surface area contributed by atoms with Crippen LogP contribution in [0.5, 0.6) is 5.75 Å². The highest BCUT2D eigenvalue weighted by atomic mass is 16.6. The van der Waals surface area contributed by atoms with E-state index in [0.717, 1.165) is 10.8 Å². The summed E-state index contributed by atoms with van der Waals surface area (Å²) in [6, 6.07) is 8.42. The third-order valence-electron chi connectivity index (χ3n) is 3.13. The van der Waals surface area contributed by atoms with Crippen molar-refractivity contribution in [2.24, 2.45) is 0 Å². The maximum absolute atomic E-state index is 11.8. The van der Waals surface area contributed by atoms with Crippen molar-refractivity contribution in [3.05, 3.63) is 35.9 Å². The van der Waals surface area contributed by atoms with Crippen molar-refractivity contribution in [2.75, 3.05) is 19.5 Å². The standard InChI is InChI=1S/C18H21NO5/c1-18(2,3)24-16(20)10-23-15-9-12(17(21)22-4)7-11-8-13(19)5-6-14(11)15/h5-9H,10,19H2,1-4H3. The van der Waals surface area contributed by atoms with E-state index in [-0.39, 0.29) is 6.61 Å². The average molecular weight is 331 g/mol. The van der Waals surface area contributed by atoms with Crippen LogP contribution in [0.2, 0.25) is 0 Å². The zero-order chi connectivity index (χ0) is 17.9. The largest absolute Gasteiger partial charge is 0.481 e. The summed E-state index contributed by atoms with van der Waals surface area (Å²) in [6.45, 7) is 5.07. The Labute approximate surface area is 140 Å². The van der Waals surface area contributed by atoms with Crippen LogP contribution in [-0.4, -0.2) is 31.3 Å². The third kappa shape index (κ3) is 4.38. The van der Waals surface area contributed by atoms with Gasteiger partial charge in [-0.15, -0.1) is 0 Å². The van der Waals surface area contributed by atoms with Gasteiger partial charge < -0.3 is 19.9 Å². The van der Waals surface area contributed by atoms with Crippen LogP contribution in [0, 0.1) is 0 Å². The first-order chi connectivity index (χ1) is 11.2. The van der Waals surface area contributed by atoms with E-state index in [1.54, 1.807) is 45.0 Å². The van der Waals surface area contributed by atoms with Gasteiger partial charge in [0.05, 0.1) is 12.7 Å². The Morgan fingerprint density at radius 1 is 1.12 bits per heavy atom. The number of hydrogen-bond acceptors (Lipinski definition) is 6. The van der Waals surface area contributed by atoms with Crippen molar-refractivity contribution >= 4 is 28.4 Å². The lowest BCUT2D eigenvalue weighted by Gasteiger charge is -2.19. The molecule has 0 aliphatic carbocycles. The molecule has 0 aromatic heterocycles. The molecular formula is C18H21NO5. The lowest BCUT2D eigenvalue weighted by Crippen LogP contribution is -2.27. The van der Waals surface area contributed by atoms with Crippen LogP contribution in [0.25, 0.3) is 10.8 Å². The van der Waals surface area contributed by atoms with Crippen LogP contribution in [0.3, 0.4) is 0 Å². The van der Waals surface area contributed by atoms with Gasteiger partial charge in [0, 0.05) is 11.1 Å². The smallest absolute Gasteiger partial charge is 0.344 e. The molecule has 0 unspecified atom stereocenters. The number of ether oxygens (including phenoxy) is 3. The molecule has 6 nitrogen and oxygen atoms in total. The van der Waals surface area contributed by atoms with E-state index in [2.05, 4.69) is 0 Å². The summed E-state index contributed by atoms with van der Waals surface area (Å²) in [6.07, 6.45) is 0. The van der Waals surface area contributed by atoms with E-state index >= 15 is 0 Å². The number of esters is 2. The molecule has 0 aliphatic heterocycles. The fourth-order valence-electron chi connectivity index (χ4n) is 2.22. The molecule has 2 aromatic rings. The lowest BCUT2D eigenvalue weighted by molar-refractivity contribution is -0.157. The molecule has 0 amide bonds. The van der Waals surface area contributed by atoms with Gasteiger partial charge in [0.25, 0.3) is 0 Å². The van der Waals surface area contributed by atoms with E-state index in [0.29, 0.717) is 17.0 Å². The predicted molar refractivity (Wildman–Crippen MR) is 91.0 cm³/mol. The number of carbonyl (C=O) groups is 2. The topological polar surface area (TPSA) is 87.8 Å². The van der Waals surface area contributed by atoms with Crippen LogP contribution >= 0.6 is 0 Å². The molecule has 6 heteroatoms. The van der Waals surface area contributed by atoms with Gasteiger partial charge in [0.15, 0.2) is 6.61 Å². The van der Waals surface area contributed by atoms with Gasteiger partial charge in [-0.2, -0.15) is 0 Å². The van der Waals surface area contributed by atoms with E-state index in [1.807, 2.05) is 0 Å². The van der Waals surface area contributed by atoms with Crippen LogP contribution in [0.15, 0.2) is 30.3 Å². The predicted octanol–water partition coefficient (Wildman–Crippen LogP) is 2.93. The minimum absolute atomic E-state index is 0.263. The molecular weight excluding hydrogens is 310 g/mol. The highest BCUT2D eigenvalue weighted by Crippen LogP contribution is 2.29. The van der Waals surface area contributed by atoms with E-state index in [1.165, 1.54) is 13.2 Å². The molecule has 0 fully saturated rings. The molecule has 24 heavy (non-hydrogen) atoms. The van der Waals surface area contributed by atoms with Gasteiger partial charge in [-0.05, 0) is 56.5 Å². The lowest BCUT2D eigenvalue weighted by atomic mass is 10.0. The third-order valence-corrected chi connectivity index (χ3v) is 3.13. The van der Waals surface area contributed by atoms with Crippen LogP contribution in [0.4, 0.5) is 5.69 Å². The summed E-state index contributed by atoms with van der Waals surface area (Å²) in [5, 5.41) is 1.46. The number of rotatable bonds is 4. The zero-order valence-electron chi connectivity index (χ0n) is 14.2. The number of hydrogen-bond donors (Lipinski definition) is 1. The van der Waals surface area contributed by atoms with Crippen molar-refractivity contribution in [3.8, 4) is 5.75 Å². The number of fused-ring (bicyclic) bond motifs is 1. The van der Waals surface area contributed by atoms with E-state index in [4.69, 9.17) is 19.9 Å². The number of nitrogens with two attached hydrogens (primary N) is 1. The average Bonchev–Trinajstić information content (AvgIpc) is 2.49. The maximum atomic E-state index is 11.8. The number of carbonyl (C=O) groups excluding carboxylic acids is 2. The SMILES string of the molecule is COC(=O)c1cc(OCC(=O)OC(C)(C)C)c2ccc(N)cc2c1. The minimum Gasteiger partial charge on any atom is -0.481 e. The first-order valence-electron chi connectivity index (χ1n) is 7.46. The van der Waals surface area contributed by atoms with Crippen molar-refractivity contribution in [3.63, 3.8) is 0 Å². The van der Waals surface area contributed by atoms with Crippen LogP contribution < -0.4 is 10.5 Å². The number of anilines is 1. The molecule has 0 radical (unpaired) electrons. The summed E-state index contributed by atoms with van der Waals surface area (Å²) >= 11 is 0. The van der Waals surface area contributed by atoms with Gasteiger partial charge in [-0.1, -0.05) is 0 Å². The van der Waals surface area contributed by atoms with Gasteiger partial charge in [-0.25, -0.2) is 9.59 Å². The summed E-state index contributed by atoms with van der Waals surface area (Å²) in [4.78, 5) is 23.7. The second-order valence-corrected chi connectivity index (χ2v) is 6.32. The molecule has 2 N–H and O–H groups in total. The molecule has 0 atom stereocenters. The molecule has 0 saturated heterocycles. The summed E-state index contributed by atoms with van der Waals surface area (Å²) in [5.74, 6) is -0.602. The fraction of sp³-hybridized carbons (Fsp3) is 0.333. The summed E-state index contributed by atoms with van der Waals surface area (Å²) < 4.78 is 15.5. The molecule has 2 aromatic carbocycles. The van der Waals surface area contributed by atoms with Crippen molar-refractivity contribution in [1.82, 2.24) is 0 Å². The Morgan fingerprint density at radius 3 is 2.46 bits per heavy atom. The Bertz CT molecular complexity index is 777. The molecule has 0 heterocycles. The molecule has 2 rings (SSSR count). The molecule has 128 valence electrons. The second kappa shape index (κ2) is 6.78. The second-order valence-electron chi connectivity index (χ2n) is 6.32. The summed E-state index contributed by atoms with van der Waals surface area (Å²) in [7, 11) is 1.30. The number of nitrogen functional groups attached to an aromatic ring is 1. The Kier molecular flexibility index (Phi) is 4.97. The van der Waals surface area contributed by atoms with E-state index in [9.17, 15) is 9.59 Å². The molecule has 0 saturated carbocycles. The molecule has 0 spiro atoms. The van der Waals surface area contributed by atoms with Gasteiger partial charge in [-0.3, -0.25) is 0 Å². The maximum Gasteiger partial charge on any atom is 0.344 e. The highest BCUT2D eigenvalue weighted by molar-refractivity contribution is 5.99.